The van der Waals surface area contributed by atoms with Crippen molar-refractivity contribution >= 4 is 5.69 Å². The van der Waals surface area contributed by atoms with Crippen LogP contribution in [0.2, 0.25) is 0 Å². The van der Waals surface area contributed by atoms with Gasteiger partial charge in [0.1, 0.15) is 5.75 Å². The van der Waals surface area contributed by atoms with E-state index in [-0.39, 0.29) is 0 Å². The monoisotopic (exact) mass is 242 g/mol. The average molecular weight is 242 g/mol. The molecular weight excluding hydrogens is 224 g/mol. The molecule has 1 aromatic heterocycles. The standard InChI is InChI=1S/C15H18N2O/c1-12-11-14(18-2)6-7-15(12)17-10-8-13-5-3-4-9-16-13/h3-7,9,11,17H,8,10H2,1-2H3. The summed E-state index contributed by atoms with van der Waals surface area (Å²) in [4.78, 5) is 4.30. The quantitative estimate of drug-likeness (QED) is 0.875. The Bertz CT molecular complexity index is 497. The third kappa shape index (κ3) is 3.23. The van der Waals surface area contributed by atoms with Crippen molar-refractivity contribution in [1.82, 2.24) is 4.98 Å². The normalized spacial score (nSPS) is 10.1. The Morgan fingerprint density at radius 3 is 2.78 bits per heavy atom. The van der Waals surface area contributed by atoms with E-state index in [0.29, 0.717) is 0 Å². The second-order valence-corrected chi connectivity index (χ2v) is 4.18. The zero-order chi connectivity index (χ0) is 12.8. The molecule has 0 radical (unpaired) electrons. The molecule has 0 fully saturated rings. The lowest BCUT2D eigenvalue weighted by atomic mass is 10.2. The van der Waals surface area contributed by atoms with E-state index >= 15 is 0 Å². The van der Waals surface area contributed by atoms with Crippen LogP contribution in [0.1, 0.15) is 11.3 Å². The van der Waals surface area contributed by atoms with Gasteiger partial charge in [0.2, 0.25) is 0 Å². The van der Waals surface area contributed by atoms with E-state index in [0.717, 1.165) is 30.1 Å². The zero-order valence-corrected chi connectivity index (χ0v) is 10.8. The van der Waals surface area contributed by atoms with Crippen LogP contribution < -0.4 is 10.1 Å². The first-order valence-corrected chi connectivity index (χ1v) is 6.08. The summed E-state index contributed by atoms with van der Waals surface area (Å²) in [5, 5.41) is 3.42. The van der Waals surface area contributed by atoms with Gasteiger partial charge >= 0.3 is 0 Å². The molecule has 1 heterocycles. The lowest BCUT2D eigenvalue weighted by molar-refractivity contribution is 0.414. The summed E-state index contributed by atoms with van der Waals surface area (Å²) in [6.45, 7) is 2.95. The van der Waals surface area contributed by atoms with Crippen molar-refractivity contribution < 1.29 is 4.74 Å². The van der Waals surface area contributed by atoms with Gasteiger partial charge in [-0.05, 0) is 42.8 Å². The van der Waals surface area contributed by atoms with E-state index in [4.69, 9.17) is 4.74 Å². The summed E-state index contributed by atoms with van der Waals surface area (Å²) < 4.78 is 5.19. The maximum atomic E-state index is 5.19. The lowest BCUT2D eigenvalue weighted by Crippen LogP contribution is -2.06. The van der Waals surface area contributed by atoms with E-state index in [1.54, 1.807) is 7.11 Å². The molecule has 0 unspecified atom stereocenters. The number of pyridine rings is 1. The van der Waals surface area contributed by atoms with Crippen molar-refractivity contribution in [2.45, 2.75) is 13.3 Å². The van der Waals surface area contributed by atoms with Crippen LogP contribution in [0.25, 0.3) is 0 Å². The van der Waals surface area contributed by atoms with E-state index in [1.165, 1.54) is 5.56 Å². The zero-order valence-electron chi connectivity index (χ0n) is 10.8. The first-order chi connectivity index (χ1) is 8.79. The van der Waals surface area contributed by atoms with Crippen molar-refractivity contribution in [2.24, 2.45) is 0 Å². The number of anilines is 1. The Labute approximate surface area is 108 Å². The van der Waals surface area contributed by atoms with Gasteiger partial charge in [-0.25, -0.2) is 0 Å². The SMILES string of the molecule is COc1ccc(NCCc2ccccn2)c(C)c1. The molecular formula is C15H18N2O. The number of aromatic nitrogens is 1. The highest BCUT2D eigenvalue weighted by molar-refractivity contribution is 5.53. The van der Waals surface area contributed by atoms with E-state index in [2.05, 4.69) is 17.2 Å². The van der Waals surface area contributed by atoms with Crippen LogP contribution in [-0.4, -0.2) is 18.6 Å². The third-order valence-electron chi connectivity index (χ3n) is 2.86. The van der Waals surface area contributed by atoms with Gasteiger partial charge in [0.15, 0.2) is 0 Å². The predicted molar refractivity (Wildman–Crippen MR) is 74.2 cm³/mol. The first kappa shape index (κ1) is 12.4. The molecule has 3 nitrogen and oxygen atoms in total. The molecule has 0 saturated heterocycles. The number of benzene rings is 1. The summed E-state index contributed by atoms with van der Waals surface area (Å²) in [7, 11) is 1.68. The molecule has 2 aromatic rings. The van der Waals surface area contributed by atoms with Crippen LogP contribution in [0.3, 0.4) is 0 Å². The minimum atomic E-state index is 0.879. The average Bonchev–Trinajstić information content (AvgIpc) is 2.42. The fourth-order valence-electron chi connectivity index (χ4n) is 1.83. The molecule has 2 rings (SSSR count). The molecule has 0 bridgehead atoms. The fourth-order valence-corrected chi connectivity index (χ4v) is 1.83. The van der Waals surface area contributed by atoms with Crippen molar-refractivity contribution in [3.05, 3.63) is 53.9 Å². The molecule has 0 saturated carbocycles. The Morgan fingerprint density at radius 2 is 2.11 bits per heavy atom. The summed E-state index contributed by atoms with van der Waals surface area (Å²) >= 11 is 0. The second-order valence-electron chi connectivity index (χ2n) is 4.18. The Balaban J connectivity index is 1.91. The summed E-state index contributed by atoms with van der Waals surface area (Å²) in [6.07, 6.45) is 2.75. The van der Waals surface area contributed by atoms with Gasteiger partial charge in [0.05, 0.1) is 7.11 Å². The van der Waals surface area contributed by atoms with Crippen molar-refractivity contribution in [3.63, 3.8) is 0 Å². The number of nitrogens with one attached hydrogen (secondary N) is 1. The van der Waals surface area contributed by atoms with Crippen LogP contribution in [0, 0.1) is 6.92 Å². The maximum Gasteiger partial charge on any atom is 0.119 e. The van der Waals surface area contributed by atoms with Gasteiger partial charge in [0, 0.05) is 30.5 Å². The molecule has 3 heteroatoms. The molecule has 1 aromatic carbocycles. The number of rotatable bonds is 5. The third-order valence-corrected chi connectivity index (χ3v) is 2.86. The first-order valence-electron chi connectivity index (χ1n) is 6.08. The topological polar surface area (TPSA) is 34.1 Å². The van der Waals surface area contributed by atoms with Gasteiger partial charge in [-0.15, -0.1) is 0 Å². The van der Waals surface area contributed by atoms with Crippen LogP contribution in [0.4, 0.5) is 5.69 Å². The predicted octanol–water partition coefficient (Wildman–Crippen LogP) is 3.05. The molecule has 0 aliphatic rings. The number of methoxy groups -OCH3 is 1. The van der Waals surface area contributed by atoms with Gasteiger partial charge in [-0.1, -0.05) is 6.07 Å². The Hall–Kier alpha value is -2.03. The summed E-state index contributed by atoms with van der Waals surface area (Å²) in [5.41, 5.74) is 3.44. The highest BCUT2D eigenvalue weighted by Gasteiger charge is 2.00. The number of nitrogens with zero attached hydrogens (tertiary/aromatic N) is 1. The molecule has 94 valence electrons. The minimum Gasteiger partial charge on any atom is -0.497 e. The molecule has 0 spiro atoms. The number of aryl methyl sites for hydroxylation is 1. The lowest BCUT2D eigenvalue weighted by Gasteiger charge is -2.10. The molecule has 0 atom stereocenters. The van der Waals surface area contributed by atoms with Crippen molar-refractivity contribution in [1.29, 1.82) is 0 Å². The minimum absolute atomic E-state index is 0.879. The number of hydrogen-bond donors (Lipinski definition) is 1. The van der Waals surface area contributed by atoms with Gasteiger partial charge in [-0.3, -0.25) is 4.98 Å². The van der Waals surface area contributed by atoms with E-state index in [1.807, 2.05) is 42.6 Å². The van der Waals surface area contributed by atoms with Crippen LogP contribution in [0.5, 0.6) is 5.75 Å². The smallest absolute Gasteiger partial charge is 0.119 e. The summed E-state index contributed by atoms with van der Waals surface area (Å²) in [5.74, 6) is 0.891. The van der Waals surface area contributed by atoms with E-state index < -0.39 is 0 Å². The molecule has 0 aliphatic heterocycles. The fraction of sp³-hybridized carbons (Fsp3) is 0.267. The molecule has 1 N–H and O–H groups in total. The summed E-state index contributed by atoms with van der Waals surface area (Å²) in [6, 6.07) is 12.0. The molecule has 0 aliphatic carbocycles. The highest BCUT2D eigenvalue weighted by atomic mass is 16.5. The van der Waals surface area contributed by atoms with Gasteiger partial charge in [-0.2, -0.15) is 0 Å². The highest BCUT2D eigenvalue weighted by Crippen LogP contribution is 2.20. The number of hydrogen-bond acceptors (Lipinski definition) is 3. The van der Waals surface area contributed by atoms with Crippen LogP contribution in [0.15, 0.2) is 42.6 Å². The Morgan fingerprint density at radius 1 is 1.22 bits per heavy atom. The second kappa shape index (κ2) is 6.05. The van der Waals surface area contributed by atoms with Gasteiger partial charge in [0.25, 0.3) is 0 Å². The van der Waals surface area contributed by atoms with E-state index in [9.17, 15) is 0 Å². The van der Waals surface area contributed by atoms with Gasteiger partial charge < -0.3 is 10.1 Å². The molecule has 0 amide bonds. The van der Waals surface area contributed by atoms with Crippen molar-refractivity contribution in [3.8, 4) is 5.75 Å². The van der Waals surface area contributed by atoms with Crippen molar-refractivity contribution in [2.75, 3.05) is 19.0 Å². The van der Waals surface area contributed by atoms with Crippen LogP contribution >= 0.6 is 0 Å². The number of ether oxygens (including phenoxy) is 1. The van der Waals surface area contributed by atoms with Crippen LogP contribution in [-0.2, 0) is 6.42 Å². The molecule has 18 heavy (non-hydrogen) atoms. The largest absolute Gasteiger partial charge is 0.497 e. The Kier molecular flexibility index (Phi) is 4.18. The maximum absolute atomic E-state index is 5.19.